The molecule has 4 aromatic rings. The number of hydrogen-bond donors (Lipinski definition) is 2. The average molecular weight is 455 g/mol. The van der Waals surface area contributed by atoms with Crippen LogP contribution in [-0.2, 0) is 20.1 Å². The third-order valence-corrected chi connectivity index (χ3v) is 5.90. The van der Waals surface area contributed by atoms with Crippen molar-refractivity contribution < 1.29 is 19.3 Å². The van der Waals surface area contributed by atoms with Gasteiger partial charge in [0.25, 0.3) is 5.56 Å². The summed E-state index contributed by atoms with van der Waals surface area (Å²) in [5.74, 6) is 1.91. The van der Waals surface area contributed by atoms with Crippen LogP contribution < -0.4 is 24.6 Å². The van der Waals surface area contributed by atoms with Crippen molar-refractivity contribution in [1.29, 1.82) is 0 Å². The molecule has 4 rings (SSSR count). The molecule has 0 atom stereocenters. The second-order valence-electron chi connectivity index (χ2n) is 7.01. The molecule has 0 bridgehead atoms. The van der Waals surface area contributed by atoms with E-state index in [1.807, 2.05) is 12.1 Å². The van der Waals surface area contributed by atoms with Crippen LogP contribution in [0, 0.1) is 0 Å². The van der Waals surface area contributed by atoms with Gasteiger partial charge in [0.1, 0.15) is 18.2 Å². The maximum absolute atomic E-state index is 12.8. The molecule has 0 spiro atoms. The van der Waals surface area contributed by atoms with Crippen molar-refractivity contribution in [2.24, 2.45) is 7.05 Å². The molecule has 10 heteroatoms. The minimum Gasteiger partial charge on any atom is -0.494 e. The van der Waals surface area contributed by atoms with Crippen LogP contribution in [0.15, 0.2) is 46.0 Å². The molecule has 9 nitrogen and oxygen atoms in total. The van der Waals surface area contributed by atoms with Gasteiger partial charge in [-0.25, -0.2) is 4.98 Å². The van der Waals surface area contributed by atoms with Crippen LogP contribution >= 0.6 is 11.3 Å². The molecule has 0 aliphatic heterocycles. The van der Waals surface area contributed by atoms with Gasteiger partial charge >= 0.3 is 4.87 Å². The van der Waals surface area contributed by atoms with Crippen LogP contribution in [0.3, 0.4) is 0 Å². The van der Waals surface area contributed by atoms with Crippen molar-refractivity contribution in [2.45, 2.75) is 13.0 Å². The molecular formula is C22H21N3O6S. The van der Waals surface area contributed by atoms with Crippen LogP contribution in [0.2, 0.25) is 0 Å². The number of H-pyrrole nitrogens is 1. The van der Waals surface area contributed by atoms with Crippen molar-refractivity contribution in [3.63, 3.8) is 0 Å². The zero-order chi connectivity index (χ0) is 22.8. The molecule has 0 saturated heterocycles. The largest absolute Gasteiger partial charge is 0.494 e. The average Bonchev–Trinajstić information content (AvgIpc) is 3.11. The molecule has 166 valence electrons. The molecule has 0 aliphatic carbocycles. The number of benzene rings is 2. The van der Waals surface area contributed by atoms with Crippen molar-refractivity contribution >= 4 is 22.2 Å². The van der Waals surface area contributed by atoms with Gasteiger partial charge in [0, 0.05) is 19.5 Å². The Labute approximate surface area is 186 Å². The van der Waals surface area contributed by atoms with Gasteiger partial charge < -0.3 is 19.3 Å². The summed E-state index contributed by atoms with van der Waals surface area (Å²) in [5, 5.41) is 10.1. The second-order valence-corrected chi connectivity index (χ2v) is 8.08. The molecule has 2 aromatic carbocycles. The number of fused-ring (bicyclic) bond motifs is 1. The highest BCUT2D eigenvalue weighted by atomic mass is 32.1. The van der Waals surface area contributed by atoms with Crippen LogP contribution in [0.4, 0.5) is 0 Å². The molecule has 2 N–H and O–H groups in total. The number of aromatic amines is 1. The number of aromatic hydroxyl groups is 1. The van der Waals surface area contributed by atoms with Gasteiger partial charge in [-0.15, -0.1) is 0 Å². The van der Waals surface area contributed by atoms with Crippen molar-refractivity contribution in [2.75, 3.05) is 14.2 Å². The maximum atomic E-state index is 12.8. The van der Waals surface area contributed by atoms with Crippen LogP contribution in [-0.4, -0.2) is 33.9 Å². The van der Waals surface area contributed by atoms with Gasteiger partial charge in [-0.3, -0.25) is 19.1 Å². The fourth-order valence-corrected chi connectivity index (χ4v) is 4.04. The lowest BCUT2D eigenvalue weighted by atomic mass is 10.1. The number of hydrogen-bond acceptors (Lipinski definition) is 8. The summed E-state index contributed by atoms with van der Waals surface area (Å²) in [4.78, 5) is 31.3. The zero-order valence-electron chi connectivity index (χ0n) is 17.7. The normalized spacial score (nSPS) is 11.0. The highest BCUT2D eigenvalue weighted by Gasteiger charge is 2.14. The van der Waals surface area contributed by atoms with Crippen LogP contribution in [0.5, 0.6) is 23.1 Å². The predicted octanol–water partition coefficient (Wildman–Crippen LogP) is 2.58. The standard InChI is InChI=1S/C22H21N3O6S/c1-25-19(23-15-10-17(30-3)16(29-2)9-14(15)21(25)27)11-31-13-6-4-12(5-7-13)8-18-20(26)24-22(28)32-18/h4-7,9-10,26H,8,11H2,1-3H3,(H,24,28). The van der Waals surface area contributed by atoms with Gasteiger partial charge in [-0.2, -0.15) is 0 Å². The van der Waals surface area contributed by atoms with E-state index < -0.39 is 0 Å². The molecule has 0 radical (unpaired) electrons. The lowest BCUT2D eigenvalue weighted by molar-refractivity contribution is 0.289. The summed E-state index contributed by atoms with van der Waals surface area (Å²) in [6.07, 6.45) is 0.432. The summed E-state index contributed by atoms with van der Waals surface area (Å²) in [6.45, 7) is 0.0928. The number of aromatic nitrogens is 3. The SMILES string of the molecule is COc1cc2nc(COc3ccc(Cc4sc(=O)[nH]c4O)cc3)n(C)c(=O)c2cc1OC. The van der Waals surface area contributed by atoms with E-state index in [1.54, 1.807) is 31.3 Å². The monoisotopic (exact) mass is 455 g/mol. The van der Waals surface area contributed by atoms with E-state index in [1.165, 1.54) is 18.8 Å². The number of thiazole rings is 1. The first-order valence-electron chi connectivity index (χ1n) is 9.64. The zero-order valence-corrected chi connectivity index (χ0v) is 18.5. The van der Waals surface area contributed by atoms with E-state index in [2.05, 4.69) is 9.97 Å². The number of methoxy groups -OCH3 is 2. The Morgan fingerprint density at radius 2 is 1.78 bits per heavy atom. The molecule has 2 heterocycles. The van der Waals surface area contributed by atoms with Crippen LogP contribution in [0.1, 0.15) is 16.3 Å². The third kappa shape index (κ3) is 4.17. The molecule has 0 fully saturated rings. The number of ether oxygens (including phenoxy) is 3. The van der Waals surface area contributed by atoms with E-state index in [4.69, 9.17) is 14.2 Å². The first-order valence-corrected chi connectivity index (χ1v) is 10.5. The fourth-order valence-electron chi connectivity index (χ4n) is 3.28. The minimum atomic E-state index is -0.290. The first-order chi connectivity index (χ1) is 15.4. The highest BCUT2D eigenvalue weighted by molar-refractivity contribution is 7.09. The van der Waals surface area contributed by atoms with E-state index in [0.29, 0.717) is 45.3 Å². The molecule has 0 aliphatic rings. The molecule has 0 unspecified atom stereocenters. The Morgan fingerprint density at radius 1 is 1.09 bits per heavy atom. The highest BCUT2D eigenvalue weighted by Crippen LogP contribution is 2.30. The summed E-state index contributed by atoms with van der Waals surface area (Å²) in [5.41, 5.74) is 1.19. The minimum absolute atomic E-state index is 0.0928. The lowest BCUT2D eigenvalue weighted by Crippen LogP contribution is -2.23. The van der Waals surface area contributed by atoms with Gasteiger partial charge in [0.05, 0.1) is 30.0 Å². The lowest BCUT2D eigenvalue weighted by Gasteiger charge is -2.13. The number of nitrogens with zero attached hydrogens (tertiary/aromatic N) is 2. The van der Waals surface area contributed by atoms with E-state index >= 15 is 0 Å². The Balaban J connectivity index is 1.53. The summed E-state index contributed by atoms with van der Waals surface area (Å²) >= 11 is 0.980. The van der Waals surface area contributed by atoms with Gasteiger partial charge in [-0.05, 0) is 23.8 Å². The Bertz CT molecular complexity index is 1390. The molecule has 32 heavy (non-hydrogen) atoms. The molecular weight excluding hydrogens is 434 g/mol. The molecule has 2 aromatic heterocycles. The van der Waals surface area contributed by atoms with E-state index in [-0.39, 0.29) is 22.9 Å². The Morgan fingerprint density at radius 3 is 2.41 bits per heavy atom. The van der Waals surface area contributed by atoms with Crippen molar-refractivity contribution in [3.8, 4) is 23.1 Å². The number of nitrogens with one attached hydrogen (secondary N) is 1. The summed E-state index contributed by atoms with van der Waals surface area (Å²) in [6, 6.07) is 10.6. The first kappa shape index (κ1) is 21.4. The Hall–Kier alpha value is -3.79. The van der Waals surface area contributed by atoms with E-state index in [0.717, 1.165) is 16.9 Å². The molecule has 0 amide bonds. The van der Waals surface area contributed by atoms with E-state index in [9.17, 15) is 14.7 Å². The van der Waals surface area contributed by atoms with Gasteiger partial charge in [0.2, 0.25) is 5.88 Å². The topological polar surface area (TPSA) is 116 Å². The second kappa shape index (κ2) is 8.75. The Kier molecular flexibility index (Phi) is 5.87. The smallest absolute Gasteiger partial charge is 0.307 e. The maximum Gasteiger partial charge on any atom is 0.307 e. The van der Waals surface area contributed by atoms with Gasteiger partial charge in [0.15, 0.2) is 11.5 Å². The summed E-state index contributed by atoms with van der Waals surface area (Å²) in [7, 11) is 4.68. The van der Waals surface area contributed by atoms with Crippen molar-refractivity contribution in [3.05, 3.63) is 72.7 Å². The van der Waals surface area contributed by atoms with Crippen molar-refractivity contribution in [1.82, 2.24) is 14.5 Å². The quantitative estimate of drug-likeness (QED) is 0.440. The molecule has 0 saturated carbocycles. The predicted molar refractivity (Wildman–Crippen MR) is 120 cm³/mol. The van der Waals surface area contributed by atoms with Gasteiger partial charge in [-0.1, -0.05) is 23.5 Å². The number of rotatable bonds is 7. The van der Waals surface area contributed by atoms with Crippen LogP contribution in [0.25, 0.3) is 10.9 Å². The fraction of sp³-hybridized carbons (Fsp3) is 0.227. The summed E-state index contributed by atoms with van der Waals surface area (Å²) < 4.78 is 17.9. The third-order valence-electron chi connectivity index (χ3n) is 5.03.